The summed E-state index contributed by atoms with van der Waals surface area (Å²) in [6.07, 6.45) is 6.24. The highest BCUT2D eigenvalue weighted by molar-refractivity contribution is 5.60. The van der Waals surface area contributed by atoms with Crippen LogP contribution in [0.1, 0.15) is 46.0 Å². The molecule has 3 saturated carbocycles. The molecule has 0 aromatic rings. The summed E-state index contributed by atoms with van der Waals surface area (Å²) in [6.45, 7) is 5.95. The summed E-state index contributed by atoms with van der Waals surface area (Å²) in [7, 11) is 0. The first-order chi connectivity index (χ1) is 9.68. The van der Waals surface area contributed by atoms with Gasteiger partial charge in [0.15, 0.2) is 0 Å². The number of rotatable bonds is 2. The molecule has 6 atom stereocenters. The fraction of sp³-hybridized carbons (Fsp3) is 0.941. The van der Waals surface area contributed by atoms with Crippen molar-refractivity contribution in [3.05, 3.63) is 0 Å². The maximum Gasteiger partial charge on any atom is 0.508 e. The van der Waals surface area contributed by atoms with E-state index in [-0.39, 0.29) is 5.41 Å². The Kier molecular flexibility index (Phi) is 2.84. The van der Waals surface area contributed by atoms with E-state index in [1.807, 2.05) is 0 Å². The quantitative estimate of drug-likeness (QED) is 0.719. The van der Waals surface area contributed by atoms with Crippen molar-refractivity contribution in [1.82, 2.24) is 0 Å². The van der Waals surface area contributed by atoms with Gasteiger partial charge in [-0.25, -0.2) is 4.79 Å². The van der Waals surface area contributed by atoms with Crippen molar-refractivity contribution in [2.45, 2.75) is 46.0 Å². The number of ether oxygens (including phenoxy) is 2. The van der Waals surface area contributed by atoms with Crippen molar-refractivity contribution in [1.29, 1.82) is 0 Å². The molecule has 0 N–H and O–H groups in total. The number of carbonyl (C=O) groups is 1. The van der Waals surface area contributed by atoms with Gasteiger partial charge in [-0.2, -0.15) is 0 Å². The molecule has 0 radical (unpaired) electrons. The molecule has 1 saturated heterocycles. The highest BCUT2D eigenvalue weighted by atomic mass is 16.7. The van der Waals surface area contributed by atoms with Crippen molar-refractivity contribution in [2.24, 2.45) is 40.9 Å². The molecule has 6 unspecified atom stereocenters. The van der Waals surface area contributed by atoms with Crippen LogP contribution in [0.3, 0.4) is 0 Å². The molecule has 3 heteroatoms. The van der Waals surface area contributed by atoms with Gasteiger partial charge in [-0.3, -0.25) is 0 Å². The van der Waals surface area contributed by atoms with Gasteiger partial charge in [0.25, 0.3) is 0 Å². The van der Waals surface area contributed by atoms with E-state index in [2.05, 4.69) is 13.8 Å². The van der Waals surface area contributed by atoms with Crippen LogP contribution in [0, 0.1) is 40.9 Å². The fourth-order valence-electron chi connectivity index (χ4n) is 6.52. The fourth-order valence-corrected chi connectivity index (χ4v) is 6.52. The molecule has 4 fully saturated rings. The van der Waals surface area contributed by atoms with Gasteiger partial charge < -0.3 is 9.47 Å². The van der Waals surface area contributed by atoms with Crippen LogP contribution in [0.5, 0.6) is 0 Å². The molecule has 1 aliphatic heterocycles. The Bertz CT molecular complexity index is 408. The summed E-state index contributed by atoms with van der Waals surface area (Å²) in [5.74, 6) is 5.29. The average molecular weight is 278 g/mol. The molecule has 1 spiro atoms. The van der Waals surface area contributed by atoms with Gasteiger partial charge in [0.1, 0.15) is 13.2 Å². The molecule has 112 valence electrons. The Morgan fingerprint density at radius 2 is 1.70 bits per heavy atom. The van der Waals surface area contributed by atoms with Crippen molar-refractivity contribution in [2.75, 3.05) is 13.2 Å². The lowest BCUT2D eigenvalue weighted by Crippen LogP contribution is -2.48. The zero-order chi connectivity index (χ0) is 13.9. The molecule has 0 aromatic carbocycles. The van der Waals surface area contributed by atoms with Crippen LogP contribution in [0.25, 0.3) is 0 Å². The SMILES string of the molecule is CCC1CC(CC)C2C1C1CC2C2(COC(=O)OC2)C1. The van der Waals surface area contributed by atoms with Crippen LogP contribution < -0.4 is 0 Å². The van der Waals surface area contributed by atoms with Gasteiger partial charge in [0.05, 0.1) is 0 Å². The number of hydrogen-bond acceptors (Lipinski definition) is 3. The van der Waals surface area contributed by atoms with E-state index >= 15 is 0 Å². The number of hydrogen-bond donors (Lipinski definition) is 0. The van der Waals surface area contributed by atoms with E-state index in [0.29, 0.717) is 13.2 Å². The minimum Gasteiger partial charge on any atom is -0.434 e. The number of cyclic esters (lactones) is 2. The van der Waals surface area contributed by atoms with E-state index < -0.39 is 6.16 Å². The van der Waals surface area contributed by atoms with E-state index in [9.17, 15) is 4.79 Å². The summed E-state index contributed by atoms with van der Waals surface area (Å²) in [6, 6.07) is 0. The third-order valence-corrected chi connectivity index (χ3v) is 7.16. The lowest BCUT2D eigenvalue weighted by Gasteiger charge is -2.45. The number of carbonyl (C=O) groups excluding carboxylic acids is 1. The summed E-state index contributed by atoms with van der Waals surface area (Å²) in [5.41, 5.74) is 0.162. The van der Waals surface area contributed by atoms with Gasteiger partial charge >= 0.3 is 6.16 Å². The normalized spacial score (nSPS) is 48.2. The zero-order valence-corrected chi connectivity index (χ0v) is 12.6. The summed E-state index contributed by atoms with van der Waals surface area (Å²) >= 11 is 0. The second-order valence-electron chi connectivity index (χ2n) is 7.72. The van der Waals surface area contributed by atoms with E-state index in [0.717, 1.165) is 35.5 Å². The first-order valence-electron chi connectivity index (χ1n) is 8.48. The van der Waals surface area contributed by atoms with Crippen LogP contribution >= 0.6 is 0 Å². The van der Waals surface area contributed by atoms with Crippen LogP contribution in [0.4, 0.5) is 4.79 Å². The summed E-state index contributed by atoms with van der Waals surface area (Å²) in [4.78, 5) is 11.2. The van der Waals surface area contributed by atoms with Gasteiger partial charge in [-0.15, -0.1) is 0 Å². The maximum atomic E-state index is 11.2. The summed E-state index contributed by atoms with van der Waals surface area (Å²) < 4.78 is 10.6. The Labute approximate surface area is 121 Å². The summed E-state index contributed by atoms with van der Waals surface area (Å²) in [5, 5.41) is 0. The Balaban J connectivity index is 1.61. The number of fused-ring (bicyclic) bond motifs is 6. The molecule has 1 heterocycles. The molecule has 2 bridgehead atoms. The molecule has 4 aliphatic rings. The van der Waals surface area contributed by atoms with E-state index in [1.54, 1.807) is 0 Å². The lowest BCUT2D eigenvalue weighted by molar-refractivity contribution is -0.104. The van der Waals surface area contributed by atoms with Gasteiger partial charge in [0.2, 0.25) is 0 Å². The van der Waals surface area contributed by atoms with Crippen LogP contribution in [-0.4, -0.2) is 19.4 Å². The van der Waals surface area contributed by atoms with Crippen LogP contribution in [0.15, 0.2) is 0 Å². The average Bonchev–Trinajstić information content (AvgIpc) is 3.11. The second-order valence-corrected chi connectivity index (χ2v) is 7.72. The Morgan fingerprint density at radius 1 is 1.05 bits per heavy atom. The lowest BCUT2D eigenvalue weighted by atomic mass is 9.63. The predicted molar refractivity (Wildman–Crippen MR) is 75.1 cm³/mol. The smallest absolute Gasteiger partial charge is 0.434 e. The van der Waals surface area contributed by atoms with Gasteiger partial charge in [0, 0.05) is 5.41 Å². The maximum absolute atomic E-state index is 11.2. The largest absolute Gasteiger partial charge is 0.508 e. The first kappa shape index (κ1) is 13.0. The highest BCUT2D eigenvalue weighted by Crippen LogP contribution is 2.69. The molecule has 0 aromatic heterocycles. The van der Waals surface area contributed by atoms with E-state index in [1.165, 1.54) is 32.1 Å². The van der Waals surface area contributed by atoms with Crippen LogP contribution in [-0.2, 0) is 9.47 Å². The topological polar surface area (TPSA) is 35.5 Å². The standard InChI is InChI=1S/C17H26O3/c1-3-10-5-11(4-2)15-13-6-12(14(10)15)7-17(13)8-19-16(18)20-9-17/h10-15H,3-9H2,1-2H3. The first-order valence-corrected chi connectivity index (χ1v) is 8.48. The van der Waals surface area contributed by atoms with Crippen molar-refractivity contribution < 1.29 is 14.3 Å². The molecule has 20 heavy (non-hydrogen) atoms. The molecular weight excluding hydrogens is 252 g/mol. The molecule has 3 nitrogen and oxygen atoms in total. The van der Waals surface area contributed by atoms with Crippen molar-refractivity contribution >= 4 is 6.16 Å². The zero-order valence-electron chi connectivity index (χ0n) is 12.6. The minimum absolute atomic E-state index is 0.162. The predicted octanol–water partition coefficient (Wildman–Crippen LogP) is 3.87. The van der Waals surface area contributed by atoms with Gasteiger partial charge in [-0.05, 0) is 54.8 Å². The van der Waals surface area contributed by atoms with Crippen molar-refractivity contribution in [3.63, 3.8) is 0 Å². The van der Waals surface area contributed by atoms with E-state index in [4.69, 9.17) is 9.47 Å². The molecule has 0 amide bonds. The van der Waals surface area contributed by atoms with Gasteiger partial charge in [-0.1, -0.05) is 26.7 Å². The Hall–Kier alpha value is -0.730. The second kappa shape index (κ2) is 4.38. The highest BCUT2D eigenvalue weighted by Gasteiger charge is 2.66. The van der Waals surface area contributed by atoms with Crippen molar-refractivity contribution in [3.8, 4) is 0 Å². The third kappa shape index (κ3) is 1.55. The third-order valence-electron chi connectivity index (χ3n) is 7.16. The monoisotopic (exact) mass is 278 g/mol. The minimum atomic E-state index is -0.458. The molecule has 4 rings (SSSR count). The molecular formula is C17H26O3. The van der Waals surface area contributed by atoms with Crippen LogP contribution in [0.2, 0.25) is 0 Å². The Morgan fingerprint density at radius 3 is 2.35 bits per heavy atom. The molecule has 3 aliphatic carbocycles.